The Labute approximate surface area is 97.2 Å². The molecule has 0 heterocycles. The molecule has 3 heteroatoms. The van der Waals surface area contributed by atoms with Crippen LogP contribution in [0.5, 0.6) is 0 Å². The second kappa shape index (κ2) is 6.16. The van der Waals surface area contributed by atoms with E-state index in [-0.39, 0.29) is 5.91 Å². The van der Waals surface area contributed by atoms with Crippen LogP contribution in [0.25, 0.3) is 0 Å². The van der Waals surface area contributed by atoms with Crippen molar-refractivity contribution in [1.29, 1.82) is 0 Å². The van der Waals surface area contributed by atoms with E-state index in [0.717, 1.165) is 25.9 Å². The summed E-state index contributed by atoms with van der Waals surface area (Å²) in [6, 6.07) is 7.15. The summed E-state index contributed by atoms with van der Waals surface area (Å²) in [4.78, 5) is 14.0. The zero-order valence-corrected chi connectivity index (χ0v) is 10.1. The van der Waals surface area contributed by atoms with Gasteiger partial charge in [-0.15, -0.1) is 0 Å². The average molecular weight is 220 g/mol. The molecular weight excluding hydrogens is 200 g/mol. The Balaban J connectivity index is 2.74. The first-order valence-corrected chi connectivity index (χ1v) is 5.83. The van der Waals surface area contributed by atoms with Crippen LogP contribution in [0.3, 0.4) is 0 Å². The quantitative estimate of drug-likeness (QED) is 0.775. The first kappa shape index (κ1) is 12.6. The molecule has 1 amide bonds. The maximum absolute atomic E-state index is 12.1. The number of nitrogens with zero attached hydrogens (tertiary/aromatic N) is 1. The fraction of sp³-hybridized carbons (Fsp3) is 0.462. The molecule has 0 atom stereocenters. The molecule has 16 heavy (non-hydrogen) atoms. The highest BCUT2D eigenvalue weighted by Gasteiger charge is 2.13. The standard InChI is InChI=1S/C13H20N2O/c1-3-5-9-15(4-2)13(16)11-7-6-8-12(14)10-11/h6-8,10H,3-5,9,14H2,1-2H3. The highest BCUT2D eigenvalue weighted by molar-refractivity contribution is 5.95. The van der Waals surface area contributed by atoms with Crippen molar-refractivity contribution >= 4 is 11.6 Å². The molecule has 1 aromatic rings. The van der Waals surface area contributed by atoms with Crippen molar-refractivity contribution in [3.63, 3.8) is 0 Å². The summed E-state index contributed by atoms with van der Waals surface area (Å²) in [5, 5.41) is 0. The van der Waals surface area contributed by atoms with Crippen molar-refractivity contribution in [2.45, 2.75) is 26.7 Å². The maximum atomic E-state index is 12.1. The second-order valence-corrected chi connectivity index (χ2v) is 3.86. The van der Waals surface area contributed by atoms with Gasteiger partial charge in [-0.05, 0) is 31.5 Å². The monoisotopic (exact) mass is 220 g/mol. The summed E-state index contributed by atoms with van der Waals surface area (Å²) in [5.41, 5.74) is 6.98. The highest BCUT2D eigenvalue weighted by Crippen LogP contribution is 2.10. The van der Waals surface area contributed by atoms with Gasteiger partial charge in [0.2, 0.25) is 0 Å². The minimum atomic E-state index is 0.0725. The van der Waals surface area contributed by atoms with Gasteiger partial charge in [0.05, 0.1) is 0 Å². The van der Waals surface area contributed by atoms with Crippen molar-refractivity contribution in [3.8, 4) is 0 Å². The van der Waals surface area contributed by atoms with Crippen LogP contribution in [0.4, 0.5) is 5.69 Å². The van der Waals surface area contributed by atoms with E-state index in [9.17, 15) is 4.79 Å². The van der Waals surface area contributed by atoms with Gasteiger partial charge in [0, 0.05) is 24.3 Å². The summed E-state index contributed by atoms with van der Waals surface area (Å²) < 4.78 is 0. The minimum Gasteiger partial charge on any atom is -0.399 e. The summed E-state index contributed by atoms with van der Waals surface area (Å²) in [6.07, 6.45) is 2.14. The SMILES string of the molecule is CCCCN(CC)C(=O)c1cccc(N)c1. The van der Waals surface area contributed by atoms with Crippen molar-refractivity contribution in [2.24, 2.45) is 0 Å². The number of rotatable bonds is 5. The molecule has 0 aliphatic heterocycles. The molecule has 0 radical (unpaired) electrons. The number of amides is 1. The summed E-state index contributed by atoms with van der Waals surface area (Å²) in [6.45, 7) is 5.69. The third kappa shape index (κ3) is 3.26. The van der Waals surface area contributed by atoms with Gasteiger partial charge in [-0.3, -0.25) is 4.79 Å². The smallest absolute Gasteiger partial charge is 0.253 e. The van der Waals surface area contributed by atoms with Crippen molar-refractivity contribution in [3.05, 3.63) is 29.8 Å². The predicted octanol–water partition coefficient (Wildman–Crippen LogP) is 2.53. The number of unbranched alkanes of at least 4 members (excludes halogenated alkanes) is 1. The van der Waals surface area contributed by atoms with E-state index in [1.54, 1.807) is 12.1 Å². The topological polar surface area (TPSA) is 46.3 Å². The number of hydrogen-bond acceptors (Lipinski definition) is 2. The number of carbonyl (C=O) groups is 1. The fourth-order valence-electron chi connectivity index (χ4n) is 1.61. The Bertz CT molecular complexity index is 350. The summed E-state index contributed by atoms with van der Waals surface area (Å²) in [5.74, 6) is 0.0725. The predicted molar refractivity (Wildman–Crippen MR) is 67.3 cm³/mol. The van der Waals surface area contributed by atoms with Gasteiger partial charge >= 0.3 is 0 Å². The van der Waals surface area contributed by atoms with Crippen LogP contribution in [0.15, 0.2) is 24.3 Å². The molecule has 0 fully saturated rings. The third-order valence-electron chi connectivity index (χ3n) is 2.58. The number of carbonyl (C=O) groups excluding carboxylic acids is 1. The molecule has 3 nitrogen and oxygen atoms in total. The van der Waals surface area contributed by atoms with E-state index in [2.05, 4.69) is 6.92 Å². The van der Waals surface area contributed by atoms with Crippen molar-refractivity contribution in [1.82, 2.24) is 4.90 Å². The molecule has 0 saturated carbocycles. The number of anilines is 1. The molecule has 1 rings (SSSR count). The van der Waals surface area contributed by atoms with Crippen LogP contribution in [0.2, 0.25) is 0 Å². The normalized spacial score (nSPS) is 10.1. The molecule has 0 aromatic heterocycles. The number of hydrogen-bond donors (Lipinski definition) is 1. The first-order valence-electron chi connectivity index (χ1n) is 5.83. The van der Waals surface area contributed by atoms with Crippen molar-refractivity contribution in [2.75, 3.05) is 18.8 Å². The lowest BCUT2D eigenvalue weighted by molar-refractivity contribution is 0.0762. The Morgan fingerprint density at radius 1 is 1.38 bits per heavy atom. The largest absolute Gasteiger partial charge is 0.399 e. The number of benzene rings is 1. The van der Waals surface area contributed by atoms with E-state index in [1.165, 1.54) is 0 Å². The summed E-state index contributed by atoms with van der Waals surface area (Å²) >= 11 is 0. The first-order chi connectivity index (χ1) is 7.69. The maximum Gasteiger partial charge on any atom is 0.253 e. The molecule has 88 valence electrons. The lowest BCUT2D eigenvalue weighted by atomic mass is 10.1. The lowest BCUT2D eigenvalue weighted by Crippen LogP contribution is -2.31. The molecule has 0 spiro atoms. The zero-order chi connectivity index (χ0) is 12.0. The van der Waals surface area contributed by atoms with Gasteiger partial charge in [0.15, 0.2) is 0 Å². The van der Waals surface area contributed by atoms with Gasteiger partial charge < -0.3 is 10.6 Å². The van der Waals surface area contributed by atoms with Crippen molar-refractivity contribution < 1.29 is 4.79 Å². The molecule has 1 aromatic carbocycles. The Hall–Kier alpha value is -1.51. The van der Waals surface area contributed by atoms with E-state index in [0.29, 0.717) is 11.3 Å². The third-order valence-corrected chi connectivity index (χ3v) is 2.58. The van der Waals surface area contributed by atoms with Crippen LogP contribution in [0.1, 0.15) is 37.0 Å². The molecular formula is C13H20N2O. The number of nitrogens with two attached hydrogens (primary N) is 1. The molecule has 2 N–H and O–H groups in total. The summed E-state index contributed by atoms with van der Waals surface area (Å²) in [7, 11) is 0. The van der Waals surface area contributed by atoms with Crippen LogP contribution in [-0.4, -0.2) is 23.9 Å². The Morgan fingerprint density at radius 2 is 2.12 bits per heavy atom. The highest BCUT2D eigenvalue weighted by atomic mass is 16.2. The lowest BCUT2D eigenvalue weighted by Gasteiger charge is -2.20. The molecule has 0 unspecified atom stereocenters. The fourth-order valence-corrected chi connectivity index (χ4v) is 1.61. The van der Waals surface area contributed by atoms with E-state index in [4.69, 9.17) is 5.73 Å². The van der Waals surface area contributed by atoms with Crippen LogP contribution < -0.4 is 5.73 Å². The second-order valence-electron chi connectivity index (χ2n) is 3.86. The van der Waals surface area contributed by atoms with Crippen LogP contribution >= 0.6 is 0 Å². The van der Waals surface area contributed by atoms with Crippen LogP contribution in [0, 0.1) is 0 Å². The zero-order valence-electron chi connectivity index (χ0n) is 10.1. The number of nitrogen functional groups attached to an aromatic ring is 1. The molecule has 0 aliphatic carbocycles. The Morgan fingerprint density at radius 3 is 2.69 bits per heavy atom. The van der Waals surface area contributed by atoms with Gasteiger partial charge in [-0.1, -0.05) is 19.4 Å². The van der Waals surface area contributed by atoms with E-state index in [1.807, 2.05) is 24.0 Å². The van der Waals surface area contributed by atoms with Crippen LogP contribution in [-0.2, 0) is 0 Å². The van der Waals surface area contributed by atoms with E-state index < -0.39 is 0 Å². The Kier molecular flexibility index (Phi) is 4.83. The van der Waals surface area contributed by atoms with Gasteiger partial charge in [-0.2, -0.15) is 0 Å². The van der Waals surface area contributed by atoms with E-state index >= 15 is 0 Å². The molecule has 0 bridgehead atoms. The minimum absolute atomic E-state index is 0.0725. The van der Waals surface area contributed by atoms with Gasteiger partial charge in [-0.25, -0.2) is 0 Å². The van der Waals surface area contributed by atoms with Gasteiger partial charge in [0.1, 0.15) is 0 Å². The molecule has 0 saturated heterocycles. The average Bonchev–Trinajstić information content (AvgIpc) is 2.29. The van der Waals surface area contributed by atoms with Gasteiger partial charge in [0.25, 0.3) is 5.91 Å². The molecule has 0 aliphatic rings.